The van der Waals surface area contributed by atoms with Gasteiger partial charge in [-0.15, -0.1) is 0 Å². The van der Waals surface area contributed by atoms with Crippen molar-refractivity contribution in [1.29, 1.82) is 0 Å². The summed E-state index contributed by atoms with van der Waals surface area (Å²) in [5.41, 5.74) is 0.489. The van der Waals surface area contributed by atoms with Crippen LogP contribution >= 0.6 is 11.6 Å². The van der Waals surface area contributed by atoms with Crippen molar-refractivity contribution in [3.05, 3.63) is 28.8 Å². The Morgan fingerprint density at radius 3 is 2.57 bits per heavy atom. The molecule has 0 aliphatic heterocycles. The fourth-order valence-electron chi connectivity index (χ4n) is 2.72. The molecule has 6 heteroatoms. The number of carboxylic acid groups (broad SMARTS) is 1. The number of benzene rings is 1. The van der Waals surface area contributed by atoms with E-state index >= 15 is 0 Å². The van der Waals surface area contributed by atoms with Crippen molar-refractivity contribution >= 4 is 29.3 Å². The fraction of sp³-hybridized carbons (Fsp3) is 0.467. The van der Waals surface area contributed by atoms with Crippen LogP contribution in [0.4, 0.5) is 10.5 Å². The predicted molar refractivity (Wildman–Crippen MR) is 82.0 cm³/mol. The zero-order chi connectivity index (χ0) is 15.4. The average molecular weight is 311 g/mol. The molecule has 2 amide bonds. The van der Waals surface area contributed by atoms with Crippen LogP contribution in [-0.2, 0) is 0 Å². The lowest BCUT2D eigenvalue weighted by atomic mass is 10.0. The summed E-state index contributed by atoms with van der Waals surface area (Å²) in [5.74, 6) is -0.556. The van der Waals surface area contributed by atoms with E-state index in [1.807, 2.05) is 6.92 Å². The predicted octanol–water partition coefficient (Wildman–Crippen LogP) is 3.74. The second-order valence-corrected chi connectivity index (χ2v) is 5.84. The highest BCUT2D eigenvalue weighted by atomic mass is 35.5. The number of hydrogen-bond donors (Lipinski definition) is 3. The number of carbonyl (C=O) groups excluding carboxylic acids is 1. The normalized spacial score (nSPS) is 16.5. The summed E-state index contributed by atoms with van der Waals surface area (Å²) in [7, 11) is 0. The van der Waals surface area contributed by atoms with Crippen molar-refractivity contribution in [3.8, 4) is 0 Å². The van der Waals surface area contributed by atoms with Gasteiger partial charge in [0.1, 0.15) is 0 Å². The topological polar surface area (TPSA) is 78.4 Å². The van der Waals surface area contributed by atoms with Gasteiger partial charge in [-0.3, -0.25) is 0 Å². The number of nitrogens with one attached hydrogen (secondary N) is 2. The summed E-state index contributed by atoms with van der Waals surface area (Å²) in [6.07, 6.45) is 4.76. The van der Waals surface area contributed by atoms with Crippen molar-refractivity contribution in [2.24, 2.45) is 5.92 Å². The molecule has 1 aliphatic rings. The second-order valence-electron chi connectivity index (χ2n) is 5.43. The molecule has 3 N–H and O–H groups in total. The Labute approximate surface area is 128 Å². The van der Waals surface area contributed by atoms with Gasteiger partial charge in [0.2, 0.25) is 0 Å². The summed E-state index contributed by atoms with van der Waals surface area (Å²) < 4.78 is 0. The molecule has 1 aromatic carbocycles. The van der Waals surface area contributed by atoms with Gasteiger partial charge in [-0.25, -0.2) is 9.59 Å². The monoisotopic (exact) mass is 310 g/mol. The summed E-state index contributed by atoms with van der Waals surface area (Å²) in [6, 6.07) is 4.16. The molecule has 1 aliphatic carbocycles. The Balaban J connectivity index is 1.93. The Bertz CT molecular complexity index is 542. The lowest BCUT2D eigenvalue weighted by molar-refractivity contribution is 0.0697. The number of halogens is 1. The van der Waals surface area contributed by atoms with Crippen LogP contribution in [0.3, 0.4) is 0 Å². The molecule has 0 radical (unpaired) electrons. The smallest absolute Gasteiger partial charge is 0.337 e. The maximum atomic E-state index is 11.9. The summed E-state index contributed by atoms with van der Waals surface area (Å²) in [4.78, 5) is 22.8. The van der Waals surface area contributed by atoms with Crippen molar-refractivity contribution in [2.75, 3.05) is 5.32 Å². The highest BCUT2D eigenvalue weighted by molar-refractivity contribution is 6.33. The molecule has 0 aromatic heterocycles. The van der Waals surface area contributed by atoms with Crippen LogP contribution in [0.15, 0.2) is 18.2 Å². The van der Waals surface area contributed by atoms with E-state index in [1.54, 1.807) is 0 Å². The van der Waals surface area contributed by atoms with Gasteiger partial charge in [0, 0.05) is 11.7 Å². The Hall–Kier alpha value is -1.75. The molecule has 1 fully saturated rings. The van der Waals surface area contributed by atoms with Gasteiger partial charge >= 0.3 is 12.0 Å². The lowest BCUT2D eigenvalue weighted by Crippen LogP contribution is -2.39. The Morgan fingerprint density at radius 1 is 1.33 bits per heavy atom. The Kier molecular flexibility index (Phi) is 5.07. The number of urea groups is 1. The zero-order valence-corrected chi connectivity index (χ0v) is 12.6. The van der Waals surface area contributed by atoms with Gasteiger partial charge in [0.05, 0.1) is 10.6 Å². The van der Waals surface area contributed by atoms with Crippen molar-refractivity contribution in [1.82, 2.24) is 5.32 Å². The van der Waals surface area contributed by atoms with Crippen molar-refractivity contribution < 1.29 is 14.7 Å². The Morgan fingerprint density at radius 2 is 2.00 bits per heavy atom. The van der Waals surface area contributed by atoms with E-state index in [0.717, 1.165) is 12.8 Å². The van der Waals surface area contributed by atoms with Crippen molar-refractivity contribution in [3.63, 3.8) is 0 Å². The molecule has 1 saturated carbocycles. The maximum Gasteiger partial charge on any atom is 0.337 e. The first-order chi connectivity index (χ1) is 9.97. The molecule has 0 spiro atoms. The van der Waals surface area contributed by atoms with Gasteiger partial charge in [-0.1, -0.05) is 24.4 Å². The van der Waals surface area contributed by atoms with Crippen LogP contribution in [0.25, 0.3) is 0 Å². The quantitative estimate of drug-likeness (QED) is 0.792. The number of carbonyl (C=O) groups is 2. The van der Waals surface area contributed by atoms with Crippen molar-refractivity contribution in [2.45, 2.75) is 38.6 Å². The highest BCUT2D eigenvalue weighted by Crippen LogP contribution is 2.27. The molecule has 0 bridgehead atoms. The number of amides is 2. The summed E-state index contributed by atoms with van der Waals surface area (Å²) in [5, 5.41) is 14.6. The first-order valence-electron chi connectivity index (χ1n) is 7.07. The molecule has 1 aromatic rings. The zero-order valence-electron chi connectivity index (χ0n) is 11.9. The molecule has 0 saturated heterocycles. The van der Waals surface area contributed by atoms with Gasteiger partial charge < -0.3 is 15.7 Å². The van der Waals surface area contributed by atoms with E-state index in [4.69, 9.17) is 16.7 Å². The minimum atomic E-state index is -1.09. The largest absolute Gasteiger partial charge is 0.478 e. The number of aromatic carboxylic acids is 1. The van der Waals surface area contributed by atoms with Crippen LogP contribution in [0.1, 0.15) is 43.0 Å². The van der Waals surface area contributed by atoms with Gasteiger partial charge in [-0.2, -0.15) is 0 Å². The van der Waals surface area contributed by atoms with E-state index in [-0.39, 0.29) is 22.7 Å². The van der Waals surface area contributed by atoms with Crippen LogP contribution in [0.5, 0.6) is 0 Å². The van der Waals surface area contributed by atoms with Crippen LogP contribution in [-0.4, -0.2) is 23.1 Å². The van der Waals surface area contributed by atoms with Crippen LogP contribution < -0.4 is 10.6 Å². The first kappa shape index (κ1) is 15.6. The van der Waals surface area contributed by atoms with E-state index in [2.05, 4.69) is 10.6 Å². The molecular weight excluding hydrogens is 292 g/mol. The molecule has 1 atom stereocenters. The highest BCUT2D eigenvalue weighted by Gasteiger charge is 2.22. The first-order valence-corrected chi connectivity index (χ1v) is 7.45. The molecule has 0 heterocycles. The molecule has 5 nitrogen and oxygen atoms in total. The third-order valence-electron chi connectivity index (χ3n) is 3.92. The van der Waals surface area contributed by atoms with E-state index < -0.39 is 5.97 Å². The summed E-state index contributed by atoms with van der Waals surface area (Å²) in [6.45, 7) is 2.01. The number of anilines is 1. The minimum Gasteiger partial charge on any atom is -0.478 e. The third kappa shape index (κ3) is 4.11. The minimum absolute atomic E-state index is 0.0157. The average Bonchev–Trinajstić information content (AvgIpc) is 2.91. The van der Waals surface area contributed by atoms with Gasteiger partial charge in [-0.05, 0) is 43.9 Å². The van der Waals surface area contributed by atoms with Crippen LogP contribution in [0.2, 0.25) is 5.02 Å². The molecule has 114 valence electrons. The van der Waals surface area contributed by atoms with Gasteiger partial charge in [0.15, 0.2) is 0 Å². The van der Waals surface area contributed by atoms with Gasteiger partial charge in [0.25, 0.3) is 0 Å². The number of carboxylic acids is 1. The van der Waals surface area contributed by atoms with E-state index in [9.17, 15) is 9.59 Å². The van der Waals surface area contributed by atoms with E-state index in [0.29, 0.717) is 11.6 Å². The lowest BCUT2D eigenvalue weighted by Gasteiger charge is -2.20. The SMILES string of the molecule is CC(NC(=O)Nc1ccc(C(=O)O)c(Cl)c1)C1CCCC1. The number of rotatable bonds is 4. The third-order valence-corrected chi connectivity index (χ3v) is 4.24. The number of hydrogen-bond acceptors (Lipinski definition) is 2. The molecule has 21 heavy (non-hydrogen) atoms. The maximum absolute atomic E-state index is 11.9. The molecule has 2 rings (SSSR count). The summed E-state index contributed by atoms with van der Waals surface area (Å²) >= 11 is 5.86. The molecule has 1 unspecified atom stereocenters. The second kappa shape index (κ2) is 6.80. The van der Waals surface area contributed by atoms with E-state index in [1.165, 1.54) is 31.0 Å². The standard InChI is InChI=1S/C15H19ClN2O3/c1-9(10-4-2-3-5-10)17-15(21)18-11-6-7-12(14(19)20)13(16)8-11/h6-10H,2-5H2,1H3,(H,19,20)(H2,17,18,21). The molecular formula is C15H19ClN2O3. The fourth-order valence-corrected chi connectivity index (χ4v) is 2.98. The van der Waals surface area contributed by atoms with Crippen LogP contribution in [0, 0.1) is 5.92 Å².